The molecule has 3 fully saturated rings. The Bertz CT molecular complexity index is 797. The molecule has 0 aliphatic carbocycles. The second-order valence-corrected chi connectivity index (χ2v) is 10.2. The van der Waals surface area contributed by atoms with Crippen molar-refractivity contribution in [3.63, 3.8) is 0 Å². The molecule has 0 saturated carbocycles. The smallest absolute Gasteiger partial charge is 0.270 e. The lowest BCUT2D eigenvalue weighted by Crippen LogP contribution is -2.34. The lowest BCUT2D eigenvalue weighted by atomic mass is 10.1. The number of amides is 1. The van der Waals surface area contributed by atoms with Crippen molar-refractivity contribution in [1.82, 2.24) is 19.1 Å². The van der Waals surface area contributed by atoms with Crippen molar-refractivity contribution in [2.24, 2.45) is 0 Å². The fraction of sp³-hybridized carbons (Fsp3) is 0.750. The standard InChI is InChI=1S/C20H32N4O4S/c25-20(23-9-4-5-10-23)19-14-18(15-21-19)29(26,27)24-11-6-17(16-24)28-13-12-22-7-2-1-3-8-22/h14-15,17,21H,1-13,16H2. The van der Waals surface area contributed by atoms with Gasteiger partial charge in [-0.1, -0.05) is 6.42 Å². The minimum Gasteiger partial charge on any atom is -0.375 e. The Kier molecular flexibility index (Phi) is 6.58. The summed E-state index contributed by atoms with van der Waals surface area (Å²) in [5.74, 6) is -0.121. The quantitative estimate of drug-likeness (QED) is 0.717. The molecular weight excluding hydrogens is 392 g/mol. The molecule has 0 radical (unpaired) electrons. The van der Waals surface area contributed by atoms with Crippen LogP contribution in [0, 0.1) is 0 Å². The SMILES string of the molecule is O=C(c1cc(S(=O)(=O)N2CCC(OCCN3CCCCC3)C2)c[nH]1)N1CCCC1. The highest BCUT2D eigenvalue weighted by molar-refractivity contribution is 7.89. The number of aromatic amines is 1. The lowest BCUT2D eigenvalue weighted by Gasteiger charge is -2.26. The number of hydrogen-bond acceptors (Lipinski definition) is 5. The number of carbonyl (C=O) groups is 1. The monoisotopic (exact) mass is 424 g/mol. The van der Waals surface area contributed by atoms with E-state index in [1.165, 1.54) is 35.8 Å². The van der Waals surface area contributed by atoms with Gasteiger partial charge in [-0.2, -0.15) is 4.31 Å². The summed E-state index contributed by atoms with van der Waals surface area (Å²) in [4.78, 5) is 19.7. The first-order valence-corrected chi connectivity index (χ1v) is 12.3. The maximum atomic E-state index is 13.0. The summed E-state index contributed by atoms with van der Waals surface area (Å²) in [6, 6.07) is 1.47. The van der Waals surface area contributed by atoms with Crippen molar-refractivity contribution in [2.75, 3.05) is 52.4 Å². The highest BCUT2D eigenvalue weighted by Gasteiger charge is 2.34. The van der Waals surface area contributed by atoms with E-state index in [0.29, 0.717) is 31.8 Å². The van der Waals surface area contributed by atoms with Gasteiger partial charge in [0.25, 0.3) is 5.91 Å². The van der Waals surface area contributed by atoms with Crippen LogP contribution in [0.2, 0.25) is 0 Å². The van der Waals surface area contributed by atoms with Crippen molar-refractivity contribution < 1.29 is 17.9 Å². The molecule has 4 heterocycles. The molecule has 8 nitrogen and oxygen atoms in total. The summed E-state index contributed by atoms with van der Waals surface area (Å²) in [5.41, 5.74) is 0.346. The highest BCUT2D eigenvalue weighted by Crippen LogP contribution is 2.24. The van der Waals surface area contributed by atoms with Crippen LogP contribution in [0.3, 0.4) is 0 Å². The topological polar surface area (TPSA) is 86.0 Å². The van der Waals surface area contributed by atoms with Crippen LogP contribution < -0.4 is 0 Å². The maximum absolute atomic E-state index is 13.0. The van der Waals surface area contributed by atoms with Gasteiger partial charge in [0.2, 0.25) is 10.0 Å². The van der Waals surface area contributed by atoms with Gasteiger partial charge in [-0.15, -0.1) is 0 Å². The molecule has 0 aromatic carbocycles. The van der Waals surface area contributed by atoms with Gasteiger partial charge in [0.1, 0.15) is 10.6 Å². The van der Waals surface area contributed by atoms with E-state index >= 15 is 0 Å². The number of aromatic nitrogens is 1. The van der Waals surface area contributed by atoms with Crippen LogP contribution in [0.5, 0.6) is 0 Å². The molecule has 1 aromatic rings. The largest absolute Gasteiger partial charge is 0.375 e. The predicted octanol–water partition coefficient (Wildman–Crippen LogP) is 1.52. The number of carbonyl (C=O) groups excluding carboxylic acids is 1. The van der Waals surface area contributed by atoms with Gasteiger partial charge in [-0.25, -0.2) is 8.42 Å². The number of H-pyrrole nitrogens is 1. The van der Waals surface area contributed by atoms with E-state index in [-0.39, 0.29) is 16.9 Å². The Morgan fingerprint density at radius 2 is 1.79 bits per heavy atom. The van der Waals surface area contributed by atoms with E-state index in [4.69, 9.17) is 4.74 Å². The fourth-order valence-corrected chi connectivity index (χ4v) is 5.95. The first kappa shape index (κ1) is 20.8. The number of piperidine rings is 1. The molecule has 0 spiro atoms. The molecule has 3 aliphatic heterocycles. The third kappa shape index (κ3) is 4.84. The molecule has 4 rings (SSSR count). The van der Waals surface area contributed by atoms with Crippen molar-refractivity contribution in [2.45, 2.75) is 49.5 Å². The van der Waals surface area contributed by atoms with Gasteiger partial charge >= 0.3 is 0 Å². The van der Waals surface area contributed by atoms with E-state index in [0.717, 1.165) is 45.6 Å². The van der Waals surface area contributed by atoms with E-state index in [1.807, 2.05) is 0 Å². The van der Waals surface area contributed by atoms with Gasteiger partial charge in [0.05, 0.1) is 12.7 Å². The van der Waals surface area contributed by atoms with Crippen LogP contribution in [0.4, 0.5) is 0 Å². The van der Waals surface area contributed by atoms with Crippen LogP contribution in [-0.4, -0.2) is 91.9 Å². The third-order valence-corrected chi connectivity index (χ3v) is 8.08. The van der Waals surface area contributed by atoms with Crippen LogP contribution in [0.25, 0.3) is 0 Å². The first-order valence-electron chi connectivity index (χ1n) is 10.9. The van der Waals surface area contributed by atoms with Crippen LogP contribution in [0.15, 0.2) is 17.2 Å². The number of sulfonamides is 1. The second-order valence-electron chi connectivity index (χ2n) is 8.30. The van der Waals surface area contributed by atoms with E-state index in [2.05, 4.69) is 9.88 Å². The number of hydrogen-bond donors (Lipinski definition) is 1. The third-order valence-electron chi connectivity index (χ3n) is 6.24. The van der Waals surface area contributed by atoms with Gasteiger partial charge in [0.15, 0.2) is 0 Å². The lowest BCUT2D eigenvalue weighted by molar-refractivity contribution is 0.0430. The molecule has 1 unspecified atom stereocenters. The zero-order chi connectivity index (χ0) is 20.3. The fourth-order valence-electron chi connectivity index (χ4n) is 4.47. The molecule has 162 valence electrons. The number of ether oxygens (including phenoxy) is 1. The summed E-state index contributed by atoms with van der Waals surface area (Å²) >= 11 is 0. The number of likely N-dealkylation sites (tertiary alicyclic amines) is 2. The van der Waals surface area contributed by atoms with Crippen molar-refractivity contribution >= 4 is 15.9 Å². The van der Waals surface area contributed by atoms with E-state index in [9.17, 15) is 13.2 Å². The molecule has 1 atom stereocenters. The summed E-state index contributed by atoms with van der Waals surface area (Å²) in [6.07, 6.45) is 7.93. The molecule has 3 aliphatic rings. The Morgan fingerprint density at radius 1 is 1.07 bits per heavy atom. The average Bonchev–Trinajstić information content (AvgIpc) is 3.50. The minimum atomic E-state index is -3.61. The molecule has 3 saturated heterocycles. The zero-order valence-corrected chi connectivity index (χ0v) is 17.8. The average molecular weight is 425 g/mol. The zero-order valence-electron chi connectivity index (χ0n) is 17.0. The molecule has 1 N–H and O–H groups in total. The molecule has 0 bridgehead atoms. The molecular formula is C20H32N4O4S. The van der Waals surface area contributed by atoms with Crippen LogP contribution in [-0.2, 0) is 14.8 Å². The van der Waals surface area contributed by atoms with Gasteiger partial charge in [-0.05, 0) is 51.3 Å². The number of nitrogens with one attached hydrogen (secondary N) is 1. The summed E-state index contributed by atoms with van der Waals surface area (Å²) in [7, 11) is -3.61. The van der Waals surface area contributed by atoms with Crippen LogP contribution in [0.1, 0.15) is 49.0 Å². The van der Waals surface area contributed by atoms with Gasteiger partial charge < -0.3 is 19.5 Å². The van der Waals surface area contributed by atoms with Crippen LogP contribution >= 0.6 is 0 Å². The normalized spacial score (nSPS) is 24.4. The van der Waals surface area contributed by atoms with E-state index < -0.39 is 10.0 Å². The maximum Gasteiger partial charge on any atom is 0.270 e. The Labute approximate surface area is 173 Å². The van der Waals surface area contributed by atoms with Crippen molar-refractivity contribution in [3.05, 3.63) is 18.0 Å². The Morgan fingerprint density at radius 3 is 2.55 bits per heavy atom. The Balaban J connectivity index is 1.29. The van der Waals surface area contributed by atoms with Gasteiger partial charge in [-0.3, -0.25) is 4.79 Å². The van der Waals surface area contributed by atoms with Crippen molar-refractivity contribution in [1.29, 1.82) is 0 Å². The molecule has 9 heteroatoms. The first-order chi connectivity index (χ1) is 14.0. The molecule has 29 heavy (non-hydrogen) atoms. The molecule has 1 amide bonds. The predicted molar refractivity (Wildman–Crippen MR) is 109 cm³/mol. The highest BCUT2D eigenvalue weighted by atomic mass is 32.2. The summed E-state index contributed by atoms with van der Waals surface area (Å²) in [5, 5.41) is 0. The van der Waals surface area contributed by atoms with E-state index in [1.54, 1.807) is 4.90 Å². The number of rotatable bonds is 7. The minimum absolute atomic E-state index is 0.0563. The van der Waals surface area contributed by atoms with Crippen molar-refractivity contribution in [3.8, 4) is 0 Å². The summed E-state index contributed by atoms with van der Waals surface area (Å²) in [6.45, 7) is 6.16. The second kappa shape index (κ2) is 9.16. The Hall–Kier alpha value is -1.42. The number of nitrogens with zero attached hydrogens (tertiary/aromatic N) is 3. The molecule has 1 aromatic heterocycles. The summed E-state index contributed by atoms with van der Waals surface area (Å²) < 4.78 is 33.4. The van der Waals surface area contributed by atoms with Gasteiger partial charge in [0, 0.05) is 38.9 Å².